The standard InChI is InChI=1S/C22H21N5.H3NO2S/c1-15-12-13-20(21(16(15)2)22-24-26-27(3)25-22)23-19-11-7-10-18(14-19)17-8-5-4-6-9-17;1-4(2)3/h4-14,23H,1-3H3;1H2,(H,2,3)/p-1. The molecule has 0 saturated heterocycles. The van der Waals surface area contributed by atoms with Gasteiger partial charge in [0.05, 0.1) is 7.05 Å². The lowest BCUT2D eigenvalue weighted by atomic mass is 10.00. The van der Waals surface area contributed by atoms with Crippen LogP contribution in [0, 0.1) is 13.8 Å². The van der Waals surface area contributed by atoms with Crippen LogP contribution in [0.1, 0.15) is 11.1 Å². The molecule has 0 saturated carbocycles. The van der Waals surface area contributed by atoms with E-state index in [-0.39, 0.29) is 0 Å². The second kappa shape index (κ2) is 10.1. The lowest BCUT2D eigenvalue weighted by Gasteiger charge is -2.15. The minimum Gasteiger partial charge on any atom is -0.760 e. The first-order valence-corrected chi connectivity index (χ1v) is 10.6. The molecule has 0 spiro atoms. The van der Waals surface area contributed by atoms with E-state index in [2.05, 4.69) is 100 Å². The summed E-state index contributed by atoms with van der Waals surface area (Å²) in [5.74, 6) is 0.625. The third kappa shape index (κ3) is 5.82. The molecule has 1 atom stereocenters. The van der Waals surface area contributed by atoms with Crippen LogP contribution in [0.15, 0.2) is 66.7 Å². The van der Waals surface area contributed by atoms with Crippen molar-refractivity contribution < 1.29 is 8.76 Å². The molecule has 3 aromatic carbocycles. The molecule has 9 heteroatoms. The Kier molecular flexibility index (Phi) is 7.24. The van der Waals surface area contributed by atoms with E-state index in [1.165, 1.54) is 21.5 Å². The van der Waals surface area contributed by atoms with Crippen molar-refractivity contribution in [3.05, 3.63) is 77.9 Å². The maximum atomic E-state index is 8.78. The van der Waals surface area contributed by atoms with E-state index in [1.54, 1.807) is 7.05 Å². The fourth-order valence-electron chi connectivity index (χ4n) is 3.15. The average molecular weight is 436 g/mol. The van der Waals surface area contributed by atoms with E-state index in [1.807, 2.05) is 6.07 Å². The van der Waals surface area contributed by atoms with Crippen LogP contribution in [0.2, 0.25) is 0 Å². The maximum Gasteiger partial charge on any atom is 0.207 e. The summed E-state index contributed by atoms with van der Waals surface area (Å²) in [7, 11) is 1.78. The van der Waals surface area contributed by atoms with Crippen LogP contribution < -0.4 is 10.5 Å². The molecular weight excluding hydrogens is 412 g/mol. The van der Waals surface area contributed by atoms with Gasteiger partial charge in [-0.15, -0.1) is 10.2 Å². The fraction of sp³-hybridized carbons (Fsp3) is 0.136. The summed E-state index contributed by atoms with van der Waals surface area (Å²) in [6.07, 6.45) is 0. The van der Waals surface area contributed by atoms with Gasteiger partial charge in [0.15, 0.2) is 0 Å². The third-order valence-corrected chi connectivity index (χ3v) is 4.72. The Labute approximate surface area is 183 Å². The maximum absolute atomic E-state index is 8.78. The lowest BCUT2D eigenvalue weighted by molar-refractivity contribution is 0.539. The quantitative estimate of drug-likeness (QED) is 0.472. The van der Waals surface area contributed by atoms with Gasteiger partial charge in [-0.1, -0.05) is 48.5 Å². The summed E-state index contributed by atoms with van der Waals surface area (Å²) in [5.41, 5.74) is 7.67. The zero-order valence-corrected chi connectivity index (χ0v) is 18.3. The lowest BCUT2D eigenvalue weighted by Crippen LogP contribution is -1.99. The highest BCUT2D eigenvalue weighted by Gasteiger charge is 2.15. The van der Waals surface area contributed by atoms with Crippen LogP contribution in [-0.4, -0.2) is 29.0 Å². The molecule has 160 valence electrons. The van der Waals surface area contributed by atoms with Crippen LogP contribution in [0.3, 0.4) is 0 Å². The molecule has 1 aromatic heterocycles. The van der Waals surface area contributed by atoms with E-state index in [9.17, 15) is 0 Å². The number of hydrogen-bond acceptors (Lipinski definition) is 6. The van der Waals surface area contributed by atoms with Crippen LogP contribution in [0.25, 0.3) is 22.5 Å². The Morgan fingerprint density at radius 1 is 1.00 bits per heavy atom. The van der Waals surface area contributed by atoms with Gasteiger partial charge in [-0.3, -0.25) is 9.35 Å². The number of nitrogens with one attached hydrogen (secondary N) is 1. The van der Waals surface area contributed by atoms with Crippen LogP contribution in [0.5, 0.6) is 0 Å². The van der Waals surface area contributed by atoms with Gasteiger partial charge in [0.2, 0.25) is 5.82 Å². The van der Waals surface area contributed by atoms with Gasteiger partial charge >= 0.3 is 0 Å². The SMILES string of the molecule is Cc1ccc(Nc2cccc(-c3ccccc3)c2)c(-c2nnn(C)n2)c1C.NS(=O)[O-]. The van der Waals surface area contributed by atoms with Gasteiger partial charge in [-0.05, 0) is 59.5 Å². The first-order valence-electron chi connectivity index (χ1n) is 9.46. The molecule has 31 heavy (non-hydrogen) atoms. The van der Waals surface area contributed by atoms with E-state index in [0.717, 1.165) is 22.5 Å². The molecular formula is C22H23N6O2S-. The van der Waals surface area contributed by atoms with Crippen molar-refractivity contribution in [1.82, 2.24) is 20.2 Å². The number of nitrogens with zero attached hydrogens (tertiary/aromatic N) is 4. The van der Waals surface area contributed by atoms with Gasteiger partial charge < -0.3 is 9.87 Å². The van der Waals surface area contributed by atoms with E-state index < -0.39 is 11.3 Å². The monoisotopic (exact) mass is 435 g/mol. The summed E-state index contributed by atoms with van der Waals surface area (Å²) in [6.45, 7) is 4.18. The highest BCUT2D eigenvalue weighted by Crippen LogP contribution is 2.33. The molecule has 0 aliphatic rings. The summed E-state index contributed by atoms with van der Waals surface area (Å²) in [5, 5.41) is 20.2. The van der Waals surface area contributed by atoms with Crippen molar-refractivity contribution in [2.45, 2.75) is 13.8 Å². The van der Waals surface area contributed by atoms with Gasteiger partial charge in [-0.25, -0.2) is 0 Å². The van der Waals surface area contributed by atoms with Crippen molar-refractivity contribution in [2.24, 2.45) is 12.2 Å². The number of aryl methyl sites for hydroxylation is 2. The Hall–Kier alpha value is -3.40. The second-order valence-electron chi connectivity index (χ2n) is 6.86. The largest absolute Gasteiger partial charge is 0.760 e. The molecule has 0 amide bonds. The Bertz CT molecular complexity index is 1190. The average Bonchev–Trinajstić information content (AvgIpc) is 3.17. The number of rotatable bonds is 4. The molecule has 4 rings (SSSR count). The molecule has 0 bridgehead atoms. The predicted octanol–water partition coefficient (Wildman–Crippen LogP) is 3.64. The Morgan fingerprint density at radius 2 is 1.68 bits per heavy atom. The van der Waals surface area contributed by atoms with E-state index in [4.69, 9.17) is 8.76 Å². The zero-order valence-electron chi connectivity index (χ0n) is 17.4. The van der Waals surface area contributed by atoms with Crippen molar-refractivity contribution >= 4 is 22.6 Å². The number of benzene rings is 3. The van der Waals surface area contributed by atoms with Crippen molar-refractivity contribution in [3.63, 3.8) is 0 Å². The van der Waals surface area contributed by atoms with Crippen molar-refractivity contribution in [1.29, 1.82) is 0 Å². The van der Waals surface area contributed by atoms with Crippen LogP contribution >= 0.6 is 0 Å². The summed E-state index contributed by atoms with van der Waals surface area (Å²) in [4.78, 5) is 1.48. The number of hydrogen-bond donors (Lipinski definition) is 2. The molecule has 0 radical (unpaired) electrons. The fourth-order valence-corrected chi connectivity index (χ4v) is 3.15. The smallest absolute Gasteiger partial charge is 0.207 e. The van der Waals surface area contributed by atoms with Gasteiger partial charge in [-0.2, -0.15) is 4.80 Å². The van der Waals surface area contributed by atoms with Crippen molar-refractivity contribution in [3.8, 4) is 22.5 Å². The summed E-state index contributed by atoms with van der Waals surface area (Å²) in [6, 6.07) is 22.9. The predicted molar refractivity (Wildman–Crippen MR) is 122 cm³/mol. The molecule has 0 aliphatic carbocycles. The minimum atomic E-state index is -2.36. The van der Waals surface area contributed by atoms with Crippen LogP contribution in [-0.2, 0) is 18.3 Å². The zero-order chi connectivity index (χ0) is 22.4. The van der Waals surface area contributed by atoms with Gasteiger partial charge in [0.25, 0.3) is 0 Å². The second-order valence-corrected chi connectivity index (χ2v) is 7.39. The molecule has 4 aromatic rings. The molecule has 0 fully saturated rings. The highest BCUT2D eigenvalue weighted by molar-refractivity contribution is 7.76. The first-order chi connectivity index (χ1) is 14.8. The number of aromatic nitrogens is 4. The molecule has 1 unspecified atom stereocenters. The molecule has 0 aliphatic heterocycles. The third-order valence-electron chi connectivity index (χ3n) is 4.72. The topological polar surface area (TPSA) is 122 Å². The summed E-state index contributed by atoms with van der Waals surface area (Å²) < 4.78 is 17.6. The highest BCUT2D eigenvalue weighted by atomic mass is 32.2. The molecule has 1 heterocycles. The number of nitrogens with two attached hydrogens (primary N) is 1. The van der Waals surface area contributed by atoms with E-state index >= 15 is 0 Å². The first kappa shape index (κ1) is 22.3. The molecule has 8 nitrogen and oxygen atoms in total. The van der Waals surface area contributed by atoms with E-state index in [0.29, 0.717) is 5.82 Å². The van der Waals surface area contributed by atoms with Crippen LogP contribution in [0.4, 0.5) is 11.4 Å². The molecule has 3 N–H and O–H groups in total. The Balaban J connectivity index is 0.000000628. The van der Waals surface area contributed by atoms with Crippen molar-refractivity contribution in [2.75, 3.05) is 5.32 Å². The summed E-state index contributed by atoms with van der Waals surface area (Å²) >= 11 is -2.36. The number of anilines is 2. The Morgan fingerprint density at radius 3 is 2.32 bits per heavy atom. The minimum absolute atomic E-state index is 0.625. The van der Waals surface area contributed by atoms with Gasteiger partial charge in [0, 0.05) is 28.2 Å². The van der Waals surface area contributed by atoms with Gasteiger partial charge in [0.1, 0.15) is 0 Å². The normalized spacial score (nSPS) is 11.4. The number of tetrazole rings is 1.